The van der Waals surface area contributed by atoms with Gasteiger partial charge in [0.1, 0.15) is 11.5 Å². The number of ether oxygens (including phenoxy) is 2. The van der Waals surface area contributed by atoms with Crippen LogP contribution in [0.15, 0.2) is 78.9 Å². The second kappa shape index (κ2) is 11.0. The average Bonchev–Trinajstić information content (AvgIpc) is 2.82. The molecule has 0 bridgehead atoms. The SMILES string of the molecule is CC(Oc1ccc(-c2ccccc2)cc1)C(=O)NNC(=O)COc1ccccc1C(C)C. The molecule has 0 saturated carbocycles. The van der Waals surface area contributed by atoms with Crippen molar-refractivity contribution in [1.82, 2.24) is 10.9 Å². The van der Waals surface area contributed by atoms with Crippen molar-refractivity contribution in [2.24, 2.45) is 0 Å². The summed E-state index contributed by atoms with van der Waals surface area (Å²) in [6.45, 7) is 5.51. The van der Waals surface area contributed by atoms with Gasteiger partial charge in [-0.25, -0.2) is 0 Å². The predicted molar refractivity (Wildman–Crippen MR) is 124 cm³/mol. The van der Waals surface area contributed by atoms with Gasteiger partial charge in [-0.15, -0.1) is 0 Å². The van der Waals surface area contributed by atoms with E-state index in [4.69, 9.17) is 9.47 Å². The molecule has 0 spiro atoms. The molecule has 2 N–H and O–H groups in total. The number of hydrogen-bond donors (Lipinski definition) is 2. The molecule has 0 radical (unpaired) electrons. The fraction of sp³-hybridized carbons (Fsp3) is 0.231. The Kier molecular flexibility index (Phi) is 7.86. The number of para-hydroxylation sites is 1. The first-order valence-corrected chi connectivity index (χ1v) is 10.6. The lowest BCUT2D eigenvalue weighted by Crippen LogP contribution is -2.48. The molecule has 32 heavy (non-hydrogen) atoms. The van der Waals surface area contributed by atoms with Gasteiger partial charge in [-0.3, -0.25) is 20.4 Å². The molecule has 166 valence electrons. The minimum atomic E-state index is -0.791. The zero-order chi connectivity index (χ0) is 22.9. The van der Waals surface area contributed by atoms with Crippen molar-refractivity contribution < 1.29 is 19.1 Å². The van der Waals surface area contributed by atoms with Gasteiger partial charge in [0.05, 0.1) is 0 Å². The zero-order valence-corrected chi connectivity index (χ0v) is 18.5. The van der Waals surface area contributed by atoms with E-state index in [0.29, 0.717) is 11.5 Å². The standard InChI is InChI=1S/C26H28N2O4/c1-18(2)23-11-7-8-12-24(23)31-17-25(29)27-28-26(30)19(3)32-22-15-13-21(14-16-22)20-9-5-4-6-10-20/h4-16,18-19H,17H2,1-3H3,(H,27,29)(H,28,30). The molecule has 0 saturated heterocycles. The number of hydrazine groups is 1. The maximum atomic E-state index is 12.3. The van der Waals surface area contributed by atoms with Crippen LogP contribution in [-0.4, -0.2) is 24.5 Å². The molecule has 6 nitrogen and oxygen atoms in total. The van der Waals surface area contributed by atoms with Crippen LogP contribution in [0.3, 0.4) is 0 Å². The molecule has 6 heteroatoms. The van der Waals surface area contributed by atoms with Gasteiger partial charge in [0.25, 0.3) is 11.8 Å². The normalized spacial score (nSPS) is 11.5. The second-order valence-electron chi connectivity index (χ2n) is 7.67. The molecule has 0 aliphatic carbocycles. The van der Waals surface area contributed by atoms with Crippen LogP contribution in [0, 0.1) is 0 Å². The number of benzene rings is 3. The molecule has 1 unspecified atom stereocenters. The summed E-state index contributed by atoms with van der Waals surface area (Å²) in [6, 6.07) is 25.0. The smallest absolute Gasteiger partial charge is 0.279 e. The lowest BCUT2D eigenvalue weighted by atomic mass is 10.0. The van der Waals surface area contributed by atoms with Crippen molar-refractivity contribution in [2.45, 2.75) is 32.8 Å². The highest BCUT2D eigenvalue weighted by atomic mass is 16.5. The summed E-state index contributed by atoms with van der Waals surface area (Å²) in [4.78, 5) is 24.3. The molecule has 2 amide bonds. The minimum Gasteiger partial charge on any atom is -0.483 e. The van der Waals surface area contributed by atoms with Gasteiger partial charge in [0.2, 0.25) is 0 Å². The van der Waals surface area contributed by atoms with Crippen LogP contribution in [0.5, 0.6) is 11.5 Å². The van der Waals surface area contributed by atoms with E-state index < -0.39 is 17.9 Å². The summed E-state index contributed by atoms with van der Waals surface area (Å²) in [7, 11) is 0. The molecule has 0 fully saturated rings. The van der Waals surface area contributed by atoms with Gasteiger partial charge in [0.15, 0.2) is 12.7 Å². The molecule has 0 aliphatic heterocycles. The first-order valence-electron chi connectivity index (χ1n) is 10.6. The third-order valence-corrected chi connectivity index (χ3v) is 4.87. The zero-order valence-electron chi connectivity index (χ0n) is 18.5. The van der Waals surface area contributed by atoms with E-state index in [2.05, 4.69) is 24.7 Å². The Morgan fingerprint density at radius 2 is 1.41 bits per heavy atom. The van der Waals surface area contributed by atoms with E-state index in [1.807, 2.05) is 78.9 Å². The third-order valence-electron chi connectivity index (χ3n) is 4.87. The Morgan fingerprint density at radius 3 is 2.09 bits per heavy atom. The summed E-state index contributed by atoms with van der Waals surface area (Å²) in [6.07, 6.45) is -0.791. The molecule has 0 aromatic heterocycles. The number of carbonyl (C=O) groups excluding carboxylic acids is 2. The van der Waals surface area contributed by atoms with E-state index in [1.165, 1.54) is 0 Å². The Hall–Kier alpha value is -3.80. The maximum Gasteiger partial charge on any atom is 0.279 e. The van der Waals surface area contributed by atoms with Crippen molar-refractivity contribution in [3.05, 3.63) is 84.4 Å². The Morgan fingerprint density at radius 1 is 0.781 bits per heavy atom. The number of hydrogen-bond acceptors (Lipinski definition) is 4. The summed E-state index contributed by atoms with van der Waals surface area (Å²) in [5.74, 6) is 0.560. The topological polar surface area (TPSA) is 76.7 Å². The summed E-state index contributed by atoms with van der Waals surface area (Å²) in [5, 5.41) is 0. The van der Waals surface area contributed by atoms with Crippen LogP contribution in [0.2, 0.25) is 0 Å². The number of rotatable bonds is 8. The highest BCUT2D eigenvalue weighted by Crippen LogP contribution is 2.25. The molecular formula is C26H28N2O4. The third kappa shape index (κ3) is 6.35. The minimum absolute atomic E-state index is 0.208. The van der Waals surface area contributed by atoms with Crippen molar-refractivity contribution >= 4 is 11.8 Å². The van der Waals surface area contributed by atoms with Crippen molar-refractivity contribution in [2.75, 3.05) is 6.61 Å². The molecule has 1 atom stereocenters. The molecule has 3 aromatic carbocycles. The van der Waals surface area contributed by atoms with Crippen LogP contribution < -0.4 is 20.3 Å². The van der Waals surface area contributed by atoms with Gasteiger partial charge in [-0.05, 0) is 47.7 Å². The van der Waals surface area contributed by atoms with Gasteiger partial charge in [-0.2, -0.15) is 0 Å². The van der Waals surface area contributed by atoms with Crippen LogP contribution in [0.4, 0.5) is 0 Å². The van der Waals surface area contributed by atoms with Gasteiger partial charge in [-0.1, -0.05) is 74.5 Å². The highest BCUT2D eigenvalue weighted by Gasteiger charge is 2.16. The Labute approximate surface area is 188 Å². The van der Waals surface area contributed by atoms with E-state index in [0.717, 1.165) is 16.7 Å². The van der Waals surface area contributed by atoms with E-state index in [9.17, 15) is 9.59 Å². The summed E-state index contributed by atoms with van der Waals surface area (Å²) >= 11 is 0. The molecular weight excluding hydrogens is 404 g/mol. The Balaban J connectivity index is 1.45. The molecule has 0 aliphatic rings. The van der Waals surface area contributed by atoms with E-state index >= 15 is 0 Å². The monoisotopic (exact) mass is 432 g/mol. The largest absolute Gasteiger partial charge is 0.483 e. The number of amides is 2. The quantitative estimate of drug-likeness (QED) is 0.515. The fourth-order valence-corrected chi connectivity index (χ4v) is 3.12. The first-order chi connectivity index (χ1) is 15.4. The van der Waals surface area contributed by atoms with Crippen molar-refractivity contribution in [3.8, 4) is 22.6 Å². The van der Waals surface area contributed by atoms with E-state index in [-0.39, 0.29) is 12.5 Å². The van der Waals surface area contributed by atoms with Crippen LogP contribution in [-0.2, 0) is 9.59 Å². The number of carbonyl (C=O) groups is 2. The predicted octanol–water partition coefficient (Wildman–Crippen LogP) is 4.47. The van der Waals surface area contributed by atoms with Gasteiger partial charge < -0.3 is 9.47 Å². The summed E-state index contributed by atoms with van der Waals surface area (Å²) in [5.41, 5.74) is 7.90. The average molecular weight is 433 g/mol. The maximum absolute atomic E-state index is 12.3. The van der Waals surface area contributed by atoms with Crippen LogP contribution in [0.25, 0.3) is 11.1 Å². The van der Waals surface area contributed by atoms with Crippen LogP contribution >= 0.6 is 0 Å². The highest BCUT2D eigenvalue weighted by molar-refractivity contribution is 5.85. The van der Waals surface area contributed by atoms with Gasteiger partial charge >= 0.3 is 0 Å². The number of nitrogens with one attached hydrogen (secondary N) is 2. The first kappa shape index (κ1) is 22.9. The van der Waals surface area contributed by atoms with Crippen LogP contribution in [0.1, 0.15) is 32.3 Å². The van der Waals surface area contributed by atoms with Crippen molar-refractivity contribution in [3.63, 3.8) is 0 Å². The lowest BCUT2D eigenvalue weighted by Gasteiger charge is -2.16. The Bertz CT molecular complexity index is 1030. The molecule has 0 heterocycles. The second-order valence-corrected chi connectivity index (χ2v) is 7.67. The van der Waals surface area contributed by atoms with Gasteiger partial charge in [0, 0.05) is 0 Å². The van der Waals surface area contributed by atoms with E-state index in [1.54, 1.807) is 6.92 Å². The summed E-state index contributed by atoms with van der Waals surface area (Å²) < 4.78 is 11.3. The lowest BCUT2D eigenvalue weighted by molar-refractivity contribution is -0.133. The molecule has 3 aromatic rings. The van der Waals surface area contributed by atoms with Crippen molar-refractivity contribution in [1.29, 1.82) is 0 Å². The molecule has 3 rings (SSSR count). The fourth-order valence-electron chi connectivity index (χ4n) is 3.12.